The van der Waals surface area contributed by atoms with Crippen LogP contribution in [0.25, 0.3) is 22.5 Å². The van der Waals surface area contributed by atoms with Crippen LogP contribution in [0.4, 0.5) is 18.9 Å². The summed E-state index contributed by atoms with van der Waals surface area (Å²) in [4.78, 5) is 47.3. The molecule has 2 aromatic carbocycles. The summed E-state index contributed by atoms with van der Waals surface area (Å²) in [6.45, 7) is 6.89. The van der Waals surface area contributed by atoms with E-state index >= 15 is 0 Å². The van der Waals surface area contributed by atoms with E-state index in [9.17, 15) is 27.6 Å². The fourth-order valence-electron chi connectivity index (χ4n) is 6.71. The van der Waals surface area contributed by atoms with Gasteiger partial charge >= 0.3 is 6.18 Å². The zero-order chi connectivity index (χ0) is 38.1. The number of carbonyl (C=O) groups excluding carboxylic acids is 3. The molecule has 0 radical (unpaired) electrons. The van der Waals surface area contributed by atoms with Crippen molar-refractivity contribution >= 4 is 35.8 Å². The van der Waals surface area contributed by atoms with E-state index in [0.717, 1.165) is 25.9 Å². The van der Waals surface area contributed by atoms with Crippen LogP contribution in [0.3, 0.4) is 0 Å². The van der Waals surface area contributed by atoms with E-state index in [1.54, 1.807) is 36.4 Å². The quantitative estimate of drug-likeness (QED) is 0.134. The molecule has 54 heavy (non-hydrogen) atoms. The normalized spacial score (nSPS) is 16.4. The Kier molecular flexibility index (Phi) is 14.6. The van der Waals surface area contributed by atoms with E-state index in [4.69, 9.17) is 11.5 Å². The van der Waals surface area contributed by atoms with E-state index in [1.165, 1.54) is 29.2 Å². The molecular formula is C37H46ClF3N10O3. The third-order valence-electron chi connectivity index (χ3n) is 9.85. The first-order valence-electron chi connectivity index (χ1n) is 17.8. The number of nitrogens with one attached hydrogen (secondary N) is 2. The van der Waals surface area contributed by atoms with Gasteiger partial charge in [-0.15, -0.1) is 22.6 Å². The van der Waals surface area contributed by atoms with Crippen molar-refractivity contribution in [1.29, 1.82) is 0 Å². The lowest BCUT2D eigenvalue weighted by atomic mass is 9.81. The molecule has 0 aliphatic heterocycles. The van der Waals surface area contributed by atoms with Gasteiger partial charge in [0, 0.05) is 42.2 Å². The first kappa shape index (κ1) is 41.8. The second-order valence-electron chi connectivity index (χ2n) is 13.1. The zero-order valence-corrected chi connectivity index (χ0v) is 31.0. The van der Waals surface area contributed by atoms with Crippen molar-refractivity contribution in [1.82, 2.24) is 35.8 Å². The van der Waals surface area contributed by atoms with Gasteiger partial charge in [0.2, 0.25) is 17.6 Å². The number of likely N-dealkylation sites (N-methyl/N-ethyl adjacent to an activating group) is 1. The van der Waals surface area contributed by atoms with Crippen molar-refractivity contribution in [2.24, 2.45) is 23.3 Å². The minimum atomic E-state index is -4.84. The van der Waals surface area contributed by atoms with Crippen molar-refractivity contribution < 1.29 is 27.6 Å². The van der Waals surface area contributed by atoms with Crippen LogP contribution < -0.4 is 21.7 Å². The third-order valence-corrected chi connectivity index (χ3v) is 9.85. The van der Waals surface area contributed by atoms with Gasteiger partial charge in [0.25, 0.3) is 5.91 Å². The molecular weight excluding hydrogens is 725 g/mol. The highest BCUT2D eigenvalue weighted by Gasteiger charge is 2.38. The topological polar surface area (TPSA) is 189 Å². The highest BCUT2D eigenvalue weighted by atomic mass is 35.5. The van der Waals surface area contributed by atoms with Crippen LogP contribution in [0.2, 0.25) is 0 Å². The number of carbonyl (C=O) groups is 3. The summed E-state index contributed by atoms with van der Waals surface area (Å²) < 4.78 is 42.9. The second kappa shape index (κ2) is 18.9. The Morgan fingerprint density at radius 2 is 1.59 bits per heavy atom. The highest BCUT2D eigenvalue weighted by Crippen LogP contribution is 2.37. The van der Waals surface area contributed by atoms with Gasteiger partial charge < -0.3 is 21.7 Å². The molecule has 290 valence electrons. The van der Waals surface area contributed by atoms with Gasteiger partial charge in [-0.05, 0) is 104 Å². The number of rotatable bonds is 15. The summed E-state index contributed by atoms with van der Waals surface area (Å²) in [7, 11) is 0. The van der Waals surface area contributed by atoms with Gasteiger partial charge in [-0.2, -0.15) is 18.4 Å². The molecule has 2 heterocycles. The minimum Gasteiger partial charge on any atom is -0.368 e. The molecule has 4 aromatic rings. The van der Waals surface area contributed by atoms with E-state index in [-0.39, 0.29) is 54.0 Å². The third kappa shape index (κ3) is 10.2. The summed E-state index contributed by atoms with van der Waals surface area (Å²) in [6, 6.07) is 14.4. The Balaban J connectivity index is 0.00000650. The van der Waals surface area contributed by atoms with Gasteiger partial charge in [-0.3, -0.25) is 19.3 Å². The van der Waals surface area contributed by atoms with Gasteiger partial charge in [-0.1, -0.05) is 38.1 Å². The number of benzene rings is 2. The number of primary amides is 1. The van der Waals surface area contributed by atoms with Crippen LogP contribution in [-0.4, -0.2) is 87.0 Å². The van der Waals surface area contributed by atoms with Crippen LogP contribution in [-0.2, 0) is 22.2 Å². The van der Waals surface area contributed by atoms with Crippen molar-refractivity contribution in [3.63, 3.8) is 0 Å². The number of amides is 3. The number of anilines is 1. The summed E-state index contributed by atoms with van der Waals surface area (Å²) in [5.41, 5.74) is 12.0. The number of hydrogen-bond acceptors (Lipinski definition) is 9. The minimum absolute atomic E-state index is 0. The number of halogens is 4. The summed E-state index contributed by atoms with van der Waals surface area (Å²) in [6.07, 6.45) is -2.03. The molecule has 0 saturated heterocycles. The molecule has 1 aliphatic rings. The molecule has 0 bridgehead atoms. The first-order chi connectivity index (χ1) is 25.4. The number of hydrogen-bond donors (Lipinski definition) is 4. The first-order valence-corrected chi connectivity index (χ1v) is 17.8. The number of nitrogens with two attached hydrogens (primary N) is 2. The average Bonchev–Trinajstić information content (AvgIpc) is 3.71. The maximum atomic E-state index is 14.3. The Bertz CT molecular complexity index is 1830. The molecule has 1 aliphatic carbocycles. The zero-order valence-electron chi connectivity index (χ0n) is 30.2. The predicted molar refractivity (Wildman–Crippen MR) is 200 cm³/mol. The van der Waals surface area contributed by atoms with Crippen molar-refractivity contribution in [3.05, 3.63) is 77.6 Å². The molecule has 6 N–H and O–H groups in total. The number of H-pyrrole nitrogens is 1. The van der Waals surface area contributed by atoms with Crippen LogP contribution in [0.5, 0.6) is 0 Å². The molecule has 0 spiro atoms. The van der Waals surface area contributed by atoms with Crippen LogP contribution in [0.15, 0.2) is 60.7 Å². The molecule has 0 unspecified atom stereocenters. The summed E-state index contributed by atoms with van der Waals surface area (Å²) in [5, 5.41) is 16.6. The van der Waals surface area contributed by atoms with Crippen LogP contribution in [0.1, 0.15) is 61.3 Å². The van der Waals surface area contributed by atoms with Crippen LogP contribution >= 0.6 is 12.4 Å². The van der Waals surface area contributed by atoms with E-state index < -0.39 is 29.7 Å². The van der Waals surface area contributed by atoms with E-state index in [2.05, 4.69) is 35.8 Å². The lowest BCUT2D eigenvalue weighted by Gasteiger charge is -2.35. The Morgan fingerprint density at radius 1 is 0.944 bits per heavy atom. The number of pyridine rings is 1. The van der Waals surface area contributed by atoms with Gasteiger partial charge in [0.15, 0.2) is 5.69 Å². The monoisotopic (exact) mass is 770 g/mol. The van der Waals surface area contributed by atoms with Gasteiger partial charge in [0.05, 0.1) is 0 Å². The highest BCUT2D eigenvalue weighted by molar-refractivity contribution is 6.02. The van der Waals surface area contributed by atoms with E-state index in [0.29, 0.717) is 54.5 Å². The van der Waals surface area contributed by atoms with Gasteiger partial charge in [-0.25, -0.2) is 4.98 Å². The average molecular weight is 771 g/mol. The smallest absolute Gasteiger partial charge is 0.368 e. The maximum Gasteiger partial charge on any atom is 0.433 e. The summed E-state index contributed by atoms with van der Waals surface area (Å²) in [5.74, 6) is -1.34. The number of alkyl halides is 3. The fraction of sp³-hybridized carbons (Fsp3) is 0.432. The number of tetrazole rings is 1. The predicted octanol–water partition coefficient (Wildman–Crippen LogP) is 4.64. The van der Waals surface area contributed by atoms with Crippen LogP contribution in [0, 0.1) is 11.8 Å². The molecule has 17 heteroatoms. The number of aromatic amines is 1. The second-order valence-corrected chi connectivity index (χ2v) is 13.1. The molecule has 2 aromatic heterocycles. The molecule has 1 fully saturated rings. The van der Waals surface area contributed by atoms with Crippen molar-refractivity contribution in [3.8, 4) is 22.5 Å². The molecule has 1 saturated carbocycles. The summed E-state index contributed by atoms with van der Waals surface area (Å²) >= 11 is 0. The lowest BCUT2D eigenvalue weighted by Crippen LogP contribution is -2.52. The van der Waals surface area contributed by atoms with Crippen molar-refractivity contribution in [2.75, 3.05) is 37.6 Å². The molecule has 1 atom stereocenters. The maximum absolute atomic E-state index is 14.3. The molecule has 5 rings (SSSR count). The molecule has 13 nitrogen and oxygen atoms in total. The number of nitrogens with zero attached hydrogens (tertiary/aromatic N) is 6. The Labute approximate surface area is 317 Å². The Hall–Kier alpha value is -4.93. The van der Waals surface area contributed by atoms with Crippen molar-refractivity contribution in [2.45, 2.75) is 58.2 Å². The lowest BCUT2D eigenvalue weighted by molar-refractivity contribution is -0.140. The SMILES string of the molecule is CCN(CC)CCNC(=O)c1ccc(-c2ccc(C[C@@H](C(N)=O)N(C(=O)C3CCC(CN)CC3)c3ccc(-c4nn[nH]n4)cc3)cc2)c(C(F)(F)F)n1.Cl. The van der Waals surface area contributed by atoms with Gasteiger partial charge in [0.1, 0.15) is 11.7 Å². The number of aromatic nitrogens is 5. The fourth-order valence-corrected chi connectivity index (χ4v) is 6.71. The standard InChI is InChI=1S/C37H45F3N10O3.ClH/c1-3-49(4-2)20-19-43-35(52)30-18-17-29(32(44-30)37(38,39)40)25-9-5-23(6-10-25)21-31(33(42)51)50(36(53)27-11-7-24(22-41)8-12-27)28-15-13-26(14-16-28)34-45-47-48-46-34;/h5-6,9-10,13-18,24,27,31H,3-4,7-8,11-12,19-22,41H2,1-2H3,(H2,42,51)(H,43,52)(H,45,46,47,48);1H/t24?,27?,31-;/m0./s1. The molecule has 3 amide bonds. The van der Waals surface area contributed by atoms with E-state index in [1.807, 2.05) is 13.8 Å². The largest absolute Gasteiger partial charge is 0.433 e. The Morgan fingerprint density at radius 3 is 2.15 bits per heavy atom.